The van der Waals surface area contributed by atoms with Gasteiger partial charge in [0.15, 0.2) is 8.32 Å². The van der Waals surface area contributed by atoms with Gasteiger partial charge in [-0.25, -0.2) is 4.98 Å². The highest BCUT2D eigenvalue weighted by Gasteiger charge is 2.20. The first-order chi connectivity index (χ1) is 8.43. The Morgan fingerprint density at radius 2 is 2.11 bits per heavy atom. The average molecular weight is 268 g/mol. The molecule has 0 spiro atoms. The molecular formula is C12H24N4OSi. The van der Waals surface area contributed by atoms with Gasteiger partial charge < -0.3 is 15.5 Å². The number of nitrogen functional groups attached to an aromatic ring is 1. The third-order valence-corrected chi connectivity index (χ3v) is 5.30. The molecule has 5 nitrogen and oxygen atoms in total. The summed E-state index contributed by atoms with van der Waals surface area (Å²) in [5, 5.41) is 3.28. The van der Waals surface area contributed by atoms with E-state index in [0.29, 0.717) is 5.95 Å². The Labute approximate surface area is 110 Å². The summed E-state index contributed by atoms with van der Waals surface area (Å²) >= 11 is 0. The van der Waals surface area contributed by atoms with Crippen LogP contribution in [-0.2, 0) is 4.43 Å². The maximum Gasteiger partial charge on any atom is 0.222 e. The molecule has 0 amide bonds. The van der Waals surface area contributed by atoms with Crippen LogP contribution >= 0.6 is 0 Å². The number of anilines is 2. The Balaban J connectivity index is 2.33. The standard InChI is InChI=1S/C12H24N4OSi/c1-5-17-18(3,4)8-6-7-14-11-9-10(2)15-12(13)16-11/h9H,5-8H2,1-4H3,(H3,13,14,15,16). The minimum atomic E-state index is -1.46. The smallest absolute Gasteiger partial charge is 0.222 e. The van der Waals surface area contributed by atoms with Crippen molar-refractivity contribution in [2.75, 3.05) is 24.2 Å². The van der Waals surface area contributed by atoms with Crippen molar-refractivity contribution in [2.24, 2.45) is 0 Å². The summed E-state index contributed by atoms with van der Waals surface area (Å²) in [7, 11) is -1.46. The summed E-state index contributed by atoms with van der Waals surface area (Å²) < 4.78 is 5.79. The van der Waals surface area contributed by atoms with Gasteiger partial charge in [-0.1, -0.05) is 0 Å². The zero-order chi connectivity index (χ0) is 13.6. The van der Waals surface area contributed by atoms with E-state index in [0.717, 1.165) is 37.1 Å². The van der Waals surface area contributed by atoms with Crippen molar-refractivity contribution in [3.8, 4) is 0 Å². The van der Waals surface area contributed by atoms with Crippen LogP contribution in [-0.4, -0.2) is 31.4 Å². The molecule has 6 heteroatoms. The fourth-order valence-electron chi connectivity index (χ4n) is 1.88. The van der Waals surface area contributed by atoms with Crippen molar-refractivity contribution < 1.29 is 4.43 Å². The second kappa shape index (κ2) is 6.70. The number of aromatic nitrogens is 2. The third-order valence-electron chi connectivity index (χ3n) is 2.67. The predicted molar refractivity (Wildman–Crippen MR) is 78.2 cm³/mol. The van der Waals surface area contributed by atoms with Gasteiger partial charge in [-0.05, 0) is 39.4 Å². The lowest BCUT2D eigenvalue weighted by molar-refractivity contribution is 0.328. The maximum absolute atomic E-state index is 5.79. The van der Waals surface area contributed by atoms with E-state index >= 15 is 0 Å². The van der Waals surface area contributed by atoms with Crippen LogP contribution in [0.25, 0.3) is 0 Å². The van der Waals surface area contributed by atoms with Crippen LogP contribution < -0.4 is 11.1 Å². The molecular weight excluding hydrogens is 244 g/mol. The Morgan fingerprint density at radius 3 is 2.72 bits per heavy atom. The van der Waals surface area contributed by atoms with Crippen molar-refractivity contribution in [2.45, 2.75) is 39.4 Å². The van der Waals surface area contributed by atoms with Gasteiger partial charge in [-0.15, -0.1) is 0 Å². The SMILES string of the molecule is CCO[Si](C)(C)CCCNc1cc(C)nc(N)n1. The van der Waals surface area contributed by atoms with Crippen LogP contribution in [0.1, 0.15) is 19.0 Å². The van der Waals surface area contributed by atoms with E-state index in [-0.39, 0.29) is 0 Å². The first-order valence-corrected chi connectivity index (χ1v) is 9.53. The number of hydrogen-bond acceptors (Lipinski definition) is 5. The largest absolute Gasteiger partial charge is 0.418 e. The summed E-state index contributed by atoms with van der Waals surface area (Å²) in [6, 6.07) is 3.05. The molecule has 0 unspecified atom stereocenters. The zero-order valence-corrected chi connectivity index (χ0v) is 12.8. The monoisotopic (exact) mass is 268 g/mol. The van der Waals surface area contributed by atoms with E-state index in [1.165, 1.54) is 0 Å². The maximum atomic E-state index is 5.79. The van der Waals surface area contributed by atoms with Gasteiger partial charge in [0.05, 0.1) is 0 Å². The summed E-state index contributed by atoms with van der Waals surface area (Å²) in [4.78, 5) is 8.18. The molecule has 0 bridgehead atoms. The number of aryl methyl sites for hydroxylation is 1. The molecule has 0 radical (unpaired) electrons. The van der Waals surface area contributed by atoms with Crippen molar-refractivity contribution >= 4 is 20.1 Å². The van der Waals surface area contributed by atoms with E-state index < -0.39 is 8.32 Å². The van der Waals surface area contributed by atoms with Crippen molar-refractivity contribution in [1.82, 2.24) is 9.97 Å². The van der Waals surface area contributed by atoms with Crippen LogP contribution in [0.3, 0.4) is 0 Å². The number of nitrogens with zero attached hydrogens (tertiary/aromatic N) is 2. The Hall–Kier alpha value is -1.14. The fraction of sp³-hybridized carbons (Fsp3) is 0.667. The quantitative estimate of drug-likeness (QED) is 0.587. The molecule has 1 aromatic rings. The molecule has 3 N–H and O–H groups in total. The molecule has 0 aliphatic carbocycles. The van der Waals surface area contributed by atoms with Gasteiger partial charge in [0.2, 0.25) is 5.95 Å². The molecule has 102 valence electrons. The second-order valence-electron chi connectivity index (χ2n) is 4.98. The predicted octanol–water partition coefficient (Wildman–Crippen LogP) is 2.41. The Bertz CT molecular complexity index is 364. The molecule has 0 aliphatic rings. The zero-order valence-electron chi connectivity index (χ0n) is 11.8. The van der Waals surface area contributed by atoms with Crippen molar-refractivity contribution in [3.63, 3.8) is 0 Å². The van der Waals surface area contributed by atoms with Crippen LogP contribution in [0.5, 0.6) is 0 Å². The molecule has 0 fully saturated rings. The van der Waals surface area contributed by atoms with Crippen LogP contribution in [0, 0.1) is 6.92 Å². The molecule has 1 rings (SSSR count). The summed E-state index contributed by atoms with van der Waals surface area (Å²) in [6.07, 6.45) is 1.09. The minimum absolute atomic E-state index is 0.321. The fourth-order valence-corrected chi connectivity index (χ4v) is 3.83. The van der Waals surface area contributed by atoms with Gasteiger partial charge in [0, 0.05) is 24.9 Å². The topological polar surface area (TPSA) is 73.1 Å². The van der Waals surface area contributed by atoms with Crippen LogP contribution in [0.15, 0.2) is 6.07 Å². The summed E-state index contributed by atoms with van der Waals surface area (Å²) in [5.74, 6) is 1.12. The van der Waals surface area contributed by atoms with E-state index in [2.05, 4.69) is 35.3 Å². The van der Waals surface area contributed by atoms with E-state index in [9.17, 15) is 0 Å². The number of nitrogens with one attached hydrogen (secondary N) is 1. The van der Waals surface area contributed by atoms with Crippen molar-refractivity contribution in [3.05, 3.63) is 11.8 Å². The summed E-state index contributed by atoms with van der Waals surface area (Å²) in [6.45, 7) is 10.2. The number of rotatable bonds is 7. The normalized spacial score (nSPS) is 11.6. The van der Waals surface area contributed by atoms with Gasteiger partial charge in [-0.3, -0.25) is 0 Å². The third kappa shape index (κ3) is 5.46. The molecule has 1 aromatic heterocycles. The van der Waals surface area contributed by atoms with Gasteiger partial charge in [0.25, 0.3) is 0 Å². The highest BCUT2D eigenvalue weighted by Crippen LogP contribution is 2.14. The van der Waals surface area contributed by atoms with Gasteiger partial charge >= 0.3 is 0 Å². The summed E-state index contributed by atoms with van der Waals surface area (Å²) in [5.41, 5.74) is 6.48. The molecule has 0 aliphatic heterocycles. The molecule has 0 aromatic carbocycles. The Kier molecular flexibility index (Phi) is 5.55. The van der Waals surface area contributed by atoms with Crippen molar-refractivity contribution in [1.29, 1.82) is 0 Å². The van der Waals surface area contributed by atoms with Gasteiger partial charge in [-0.2, -0.15) is 4.98 Å². The van der Waals surface area contributed by atoms with Crippen LogP contribution in [0.4, 0.5) is 11.8 Å². The molecule has 1 heterocycles. The van der Waals surface area contributed by atoms with E-state index in [1.54, 1.807) is 0 Å². The average Bonchev–Trinajstić information content (AvgIpc) is 2.23. The Morgan fingerprint density at radius 1 is 1.39 bits per heavy atom. The van der Waals surface area contributed by atoms with E-state index in [1.807, 2.05) is 13.0 Å². The number of nitrogens with two attached hydrogens (primary N) is 1. The first kappa shape index (κ1) is 14.9. The molecule has 0 saturated heterocycles. The highest BCUT2D eigenvalue weighted by atomic mass is 28.4. The number of hydrogen-bond donors (Lipinski definition) is 2. The minimum Gasteiger partial charge on any atom is -0.418 e. The van der Waals surface area contributed by atoms with E-state index in [4.69, 9.17) is 10.2 Å². The molecule has 0 saturated carbocycles. The molecule has 18 heavy (non-hydrogen) atoms. The van der Waals surface area contributed by atoms with Gasteiger partial charge in [0.1, 0.15) is 5.82 Å². The highest BCUT2D eigenvalue weighted by molar-refractivity contribution is 6.71. The van der Waals surface area contributed by atoms with Crippen LogP contribution in [0.2, 0.25) is 19.1 Å². The lowest BCUT2D eigenvalue weighted by Gasteiger charge is -2.21. The first-order valence-electron chi connectivity index (χ1n) is 6.42. The molecule has 0 atom stereocenters. The lowest BCUT2D eigenvalue weighted by Crippen LogP contribution is -2.30. The lowest BCUT2D eigenvalue weighted by atomic mass is 10.4. The second-order valence-corrected chi connectivity index (χ2v) is 9.28.